The molecule has 3 N–H and O–H groups in total. The van der Waals surface area contributed by atoms with Gasteiger partial charge in [0.05, 0.1) is 23.8 Å². The molecule has 0 aliphatic rings. The maximum absolute atomic E-state index is 11.7. The molecule has 0 saturated carbocycles. The number of aryl methyl sites for hydroxylation is 1. The highest BCUT2D eigenvalue weighted by molar-refractivity contribution is 5.88. The number of aromatic nitrogens is 4. The van der Waals surface area contributed by atoms with Gasteiger partial charge in [0.25, 0.3) is 0 Å². The van der Waals surface area contributed by atoms with E-state index in [1.54, 1.807) is 13.2 Å². The SMILES string of the molecule is C=CCNc1cc2c(cc1OC)nc(NCCCCNC(=O)CC(C)C)c1nnc(C)n12. The van der Waals surface area contributed by atoms with Crippen molar-refractivity contribution in [3.63, 3.8) is 0 Å². The van der Waals surface area contributed by atoms with Crippen molar-refractivity contribution in [1.82, 2.24) is 24.9 Å². The third-order valence-electron chi connectivity index (χ3n) is 5.06. The van der Waals surface area contributed by atoms with Gasteiger partial charge in [0.2, 0.25) is 11.6 Å². The number of hydrogen-bond acceptors (Lipinski definition) is 7. The lowest BCUT2D eigenvalue weighted by Crippen LogP contribution is -2.25. The van der Waals surface area contributed by atoms with Gasteiger partial charge in [-0.15, -0.1) is 16.8 Å². The number of ether oxygens (including phenoxy) is 1. The van der Waals surface area contributed by atoms with Gasteiger partial charge in [0, 0.05) is 32.1 Å². The van der Waals surface area contributed by atoms with E-state index in [2.05, 4.69) is 32.7 Å². The molecule has 0 unspecified atom stereocenters. The van der Waals surface area contributed by atoms with Crippen LogP contribution in [0.1, 0.15) is 38.9 Å². The Hall–Kier alpha value is -3.36. The third-order valence-corrected chi connectivity index (χ3v) is 5.06. The number of benzene rings is 1. The van der Waals surface area contributed by atoms with Crippen LogP contribution < -0.4 is 20.7 Å². The summed E-state index contributed by atoms with van der Waals surface area (Å²) >= 11 is 0. The van der Waals surface area contributed by atoms with Crippen LogP contribution >= 0.6 is 0 Å². The highest BCUT2D eigenvalue weighted by Gasteiger charge is 2.16. The minimum atomic E-state index is 0.112. The van der Waals surface area contributed by atoms with Crippen molar-refractivity contribution in [3.8, 4) is 5.75 Å². The van der Waals surface area contributed by atoms with Crippen molar-refractivity contribution in [1.29, 1.82) is 0 Å². The molecule has 172 valence electrons. The standard InChI is InChI=1S/C23H33N7O2/c1-6-9-24-18-13-19-17(14-20(18)32-5)27-22(23-29-28-16(4)30(19)23)26-11-8-7-10-25-21(31)12-15(2)3/h6,13-15,24H,1,7-12H2,2-5H3,(H,25,31)(H,26,27). The van der Waals surface area contributed by atoms with E-state index in [9.17, 15) is 4.79 Å². The summed E-state index contributed by atoms with van der Waals surface area (Å²) in [7, 11) is 1.64. The summed E-state index contributed by atoms with van der Waals surface area (Å²) in [5.41, 5.74) is 3.22. The maximum Gasteiger partial charge on any atom is 0.220 e. The number of carbonyl (C=O) groups is 1. The van der Waals surface area contributed by atoms with Gasteiger partial charge in [-0.05, 0) is 31.7 Å². The molecule has 0 saturated heterocycles. The molecular weight excluding hydrogens is 406 g/mol. The second-order valence-corrected chi connectivity index (χ2v) is 8.16. The molecule has 1 amide bonds. The van der Waals surface area contributed by atoms with Crippen molar-refractivity contribution in [2.75, 3.05) is 37.4 Å². The van der Waals surface area contributed by atoms with E-state index >= 15 is 0 Å². The Kier molecular flexibility index (Phi) is 7.86. The molecule has 0 radical (unpaired) electrons. The molecule has 3 aromatic rings. The number of carbonyl (C=O) groups excluding carboxylic acids is 1. The van der Waals surface area contributed by atoms with Crippen LogP contribution in [0.2, 0.25) is 0 Å². The van der Waals surface area contributed by atoms with E-state index in [1.807, 2.05) is 37.3 Å². The molecular formula is C23H33N7O2. The minimum absolute atomic E-state index is 0.112. The van der Waals surface area contributed by atoms with Crippen molar-refractivity contribution in [2.45, 2.75) is 40.0 Å². The van der Waals surface area contributed by atoms with Crippen LogP contribution in [-0.2, 0) is 4.79 Å². The zero-order valence-corrected chi connectivity index (χ0v) is 19.4. The van der Waals surface area contributed by atoms with Crippen molar-refractivity contribution >= 4 is 34.1 Å². The van der Waals surface area contributed by atoms with Crippen LogP contribution in [0.25, 0.3) is 16.7 Å². The summed E-state index contributed by atoms with van der Waals surface area (Å²) in [5.74, 6) is 2.65. The van der Waals surface area contributed by atoms with Crippen LogP contribution in [0.15, 0.2) is 24.8 Å². The molecule has 32 heavy (non-hydrogen) atoms. The van der Waals surface area contributed by atoms with E-state index in [0.29, 0.717) is 42.6 Å². The molecule has 3 rings (SSSR count). The van der Waals surface area contributed by atoms with Crippen molar-refractivity contribution in [2.24, 2.45) is 5.92 Å². The third kappa shape index (κ3) is 5.46. The first-order chi connectivity index (χ1) is 15.4. The first kappa shape index (κ1) is 23.3. The van der Waals surface area contributed by atoms with Gasteiger partial charge in [-0.25, -0.2) is 4.98 Å². The van der Waals surface area contributed by atoms with Gasteiger partial charge in [-0.3, -0.25) is 9.20 Å². The summed E-state index contributed by atoms with van der Waals surface area (Å²) in [6, 6.07) is 3.91. The molecule has 0 aliphatic heterocycles. The summed E-state index contributed by atoms with van der Waals surface area (Å²) in [6.07, 6.45) is 4.15. The first-order valence-electron chi connectivity index (χ1n) is 11.0. The molecule has 0 aliphatic carbocycles. The predicted molar refractivity (Wildman–Crippen MR) is 128 cm³/mol. The zero-order valence-electron chi connectivity index (χ0n) is 19.4. The number of rotatable bonds is 12. The lowest BCUT2D eigenvalue weighted by molar-refractivity contribution is -0.121. The Balaban J connectivity index is 1.74. The highest BCUT2D eigenvalue weighted by Crippen LogP contribution is 2.31. The van der Waals surface area contributed by atoms with Crippen molar-refractivity contribution in [3.05, 3.63) is 30.6 Å². The number of hydrogen-bond donors (Lipinski definition) is 3. The largest absolute Gasteiger partial charge is 0.495 e. The van der Waals surface area contributed by atoms with Gasteiger partial charge in [0.15, 0.2) is 5.82 Å². The van der Waals surface area contributed by atoms with E-state index in [0.717, 1.165) is 41.9 Å². The smallest absolute Gasteiger partial charge is 0.220 e. The fourth-order valence-electron chi connectivity index (χ4n) is 3.54. The van der Waals surface area contributed by atoms with Gasteiger partial charge in [0.1, 0.15) is 11.6 Å². The summed E-state index contributed by atoms with van der Waals surface area (Å²) in [4.78, 5) is 16.5. The van der Waals surface area contributed by atoms with E-state index in [4.69, 9.17) is 9.72 Å². The number of unbranched alkanes of at least 4 members (excludes halogenated alkanes) is 1. The van der Waals surface area contributed by atoms with Crippen molar-refractivity contribution < 1.29 is 9.53 Å². The van der Waals surface area contributed by atoms with Crippen LogP contribution in [0.3, 0.4) is 0 Å². The van der Waals surface area contributed by atoms with Gasteiger partial charge >= 0.3 is 0 Å². The fourth-order valence-corrected chi connectivity index (χ4v) is 3.54. The number of anilines is 2. The van der Waals surface area contributed by atoms with Crippen LogP contribution in [0, 0.1) is 12.8 Å². The Morgan fingerprint density at radius 3 is 2.72 bits per heavy atom. The van der Waals surface area contributed by atoms with Crippen LogP contribution in [0.4, 0.5) is 11.5 Å². The number of fused-ring (bicyclic) bond motifs is 3. The number of nitrogens with zero attached hydrogens (tertiary/aromatic N) is 4. The minimum Gasteiger partial charge on any atom is -0.495 e. The first-order valence-corrected chi connectivity index (χ1v) is 11.0. The molecule has 0 fully saturated rings. The van der Waals surface area contributed by atoms with Gasteiger partial charge in [-0.2, -0.15) is 0 Å². The van der Waals surface area contributed by atoms with E-state index in [1.165, 1.54) is 0 Å². The Morgan fingerprint density at radius 2 is 2.00 bits per heavy atom. The number of methoxy groups -OCH3 is 1. The second kappa shape index (κ2) is 10.8. The average molecular weight is 440 g/mol. The quantitative estimate of drug-likeness (QED) is 0.293. The van der Waals surface area contributed by atoms with Crippen LogP contribution in [0.5, 0.6) is 5.75 Å². The Labute approximate surface area is 188 Å². The number of amides is 1. The van der Waals surface area contributed by atoms with Gasteiger partial charge in [-0.1, -0.05) is 19.9 Å². The molecule has 0 atom stereocenters. The molecule has 0 spiro atoms. The number of nitrogens with one attached hydrogen (secondary N) is 3. The summed E-state index contributed by atoms with van der Waals surface area (Å²) in [5, 5.41) is 18.2. The lowest BCUT2D eigenvalue weighted by atomic mass is 10.1. The Bertz CT molecular complexity index is 1090. The fraction of sp³-hybridized carbons (Fsp3) is 0.478. The maximum atomic E-state index is 11.7. The molecule has 0 bridgehead atoms. The molecule has 2 heterocycles. The molecule has 9 nitrogen and oxygen atoms in total. The molecule has 1 aromatic carbocycles. The molecule has 2 aromatic heterocycles. The zero-order chi connectivity index (χ0) is 23.1. The highest BCUT2D eigenvalue weighted by atomic mass is 16.5. The predicted octanol–water partition coefficient (Wildman–Crippen LogP) is 3.55. The van der Waals surface area contributed by atoms with E-state index < -0.39 is 0 Å². The Morgan fingerprint density at radius 1 is 1.22 bits per heavy atom. The average Bonchev–Trinajstić information content (AvgIpc) is 3.15. The normalized spacial score (nSPS) is 11.2. The van der Waals surface area contributed by atoms with Gasteiger partial charge < -0.3 is 20.7 Å². The summed E-state index contributed by atoms with van der Waals surface area (Å²) in [6.45, 7) is 11.8. The summed E-state index contributed by atoms with van der Waals surface area (Å²) < 4.78 is 7.55. The van der Waals surface area contributed by atoms with Crippen LogP contribution in [-0.4, -0.2) is 52.2 Å². The second-order valence-electron chi connectivity index (χ2n) is 8.16. The van der Waals surface area contributed by atoms with E-state index in [-0.39, 0.29) is 5.91 Å². The monoisotopic (exact) mass is 439 g/mol. The molecule has 9 heteroatoms. The lowest BCUT2D eigenvalue weighted by Gasteiger charge is -2.14. The topological polar surface area (TPSA) is 105 Å².